The molecule has 0 bridgehead atoms. The predicted molar refractivity (Wildman–Crippen MR) is 204 cm³/mol. The molecule has 5 aliphatic carbocycles. The van der Waals surface area contributed by atoms with Crippen LogP contribution in [-0.4, -0.2) is 44.8 Å². The average molecular weight is 726 g/mol. The Balaban J connectivity index is 1.21. The average Bonchev–Trinajstić information content (AvgIpc) is 3.39. The number of amides is 1. The molecule has 0 spiro atoms. The summed E-state index contributed by atoms with van der Waals surface area (Å²) in [7, 11) is 0. The normalized spacial score (nSPS) is 36.3. The third kappa shape index (κ3) is 5.51. The number of nitrogens with zero attached hydrogens (tertiary/aromatic N) is 2. The molecule has 7 rings (SSSR count). The van der Waals surface area contributed by atoms with Gasteiger partial charge in [0.1, 0.15) is 11.9 Å². The molecule has 0 radical (unpaired) electrons. The number of carboxylic acid groups (broad SMARTS) is 1. The number of carbonyl (C=O) groups excluding carboxylic acids is 3. The number of hydrogen-bond donors (Lipinski definition) is 2. The molecule has 2 aromatic rings. The van der Waals surface area contributed by atoms with Crippen LogP contribution in [0.1, 0.15) is 127 Å². The molecule has 53 heavy (non-hydrogen) atoms. The molecule has 2 N–H and O–H groups in total. The molecule has 286 valence electrons. The highest BCUT2D eigenvalue weighted by Gasteiger charge is 2.70. The van der Waals surface area contributed by atoms with Crippen LogP contribution in [0.4, 0.5) is 5.95 Å². The van der Waals surface area contributed by atoms with E-state index >= 15 is 0 Å². The van der Waals surface area contributed by atoms with Crippen LogP contribution < -0.4 is 5.32 Å². The number of hydrogen-bond acceptors (Lipinski definition) is 7. The number of nitrogens with one attached hydrogen (secondary N) is 1. The first-order valence-corrected chi connectivity index (χ1v) is 19.9. The van der Waals surface area contributed by atoms with Crippen LogP contribution in [0.5, 0.6) is 0 Å². The number of ether oxygens (including phenoxy) is 1. The first-order valence-electron chi connectivity index (χ1n) is 19.9. The molecule has 9 nitrogen and oxygen atoms in total. The summed E-state index contributed by atoms with van der Waals surface area (Å²) in [6.45, 7) is 19.3. The van der Waals surface area contributed by atoms with Crippen LogP contribution in [-0.2, 0) is 23.9 Å². The van der Waals surface area contributed by atoms with Crippen molar-refractivity contribution in [2.24, 2.45) is 56.2 Å². The largest absolute Gasteiger partial charge is 0.481 e. The molecule has 4 saturated carbocycles. The van der Waals surface area contributed by atoms with E-state index in [-0.39, 0.29) is 70.1 Å². The number of aromatic nitrogens is 2. The lowest BCUT2D eigenvalue weighted by Gasteiger charge is -2.70. The summed E-state index contributed by atoms with van der Waals surface area (Å²) in [5.74, 6) is -0.593. The van der Waals surface area contributed by atoms with Crippen molar-refractivity contribution in [2.45, 2.75) is 133 Å². The molecule has 5 aliphatic rings. The van der Waals surface area contributed by atoms with Gasteiger partial charge in [0.25, 0.3) is 0 Å². The molecular formula is C44H59N3O6. The number of allylic oxidation sites excluding steroid dienone is 1. The third-order valence-electron chi connectivity index (χ3n) is 15.9. The summed E-state index contributed by atoms with van der Waals surface area (Å²) >= 11 is 0. The monoisotopic (exact) mass is 725 g/mol. The van der Waals surface area contributed by atoms with Crippen LogP contribution in [0.3, 0.4) is 0 Å². The summed E-state index contributed by atoms with van der Waals surface area (Å²) < 4.78 is 6.15. The van der Waals surface area contributed by atoms with E-state index in [1.54, 1.807) is 20.0 Å². The van der Waals surface area contributed by atoms with E-state index in [1.165, 1.54) is 5.57 Å². The van der Waals surface area contributed by atoms with Gasteiger partial charge in [0.05, 0.1) is 22.8 Å². The number of para-hydroxylation sites is 1. The third-order valence-corrected chi connectivity index (χ3v) is 15.9. The molecule has 4 fully saturated rings. The summed E-state index contributed by atoms with van der Waals surface area (Å²) in [5, 5.41) is 13.6. The van der Waals surface area contributed by atoms with E-state index in [2.05, 4.69) is 63.8 Å². The van der Waals surface area contributed by atoms with Crippen LogP contribution in [0.15, 0.2) is 41.6 Å². The summed E-state index contributed by atoms with van der Waals surface area (Å²) in [4.78, 5) is 62.7. The number of Topliss-reactive ketones (excluding diaryl/α,β-unsaturated/α-hetero) is 1. The van der Waals surface area contributed by atoms with Crippen molar-refractivity contribution in [3.63, 3.8) is 0 Å². The second kappa shape index (κ2) is 12.5. The first kappa shape index (κ1) is 37.7. The van der Waals surface area contributed by atoms with Crippen LogP contribution in [0.25, 0.3) is 10.9 Å². The fraction of sp³-hybridized carbons (Fsp3) is 0.682. The zero-order chi connectivity index (χ0) is 38.5. The number of benzene rings is 1. The molecule has 1 aromatic carbocycles. The number of anilines is 1. The lowest BCUT2D eigenvalue weighted by atomic mass is 9.34. The maximum absolute atomic E-state index is 14.6. The van der Waals surface area contributed by atoms with Crippen molar-refractivity contribution in [1.82, 2.24) is 9.97 Å². The summed E-state index contributed by atoms with van der Waals surface area (Å²) in [5.41, 5.74) is 0.658. The Morgan fingerprint density at radius 2 is 1.70 bits per heavy atom. The first-order chi connectivity index (χ1) is 24.7. The lowest BCUT2D eigenvalue weighted by molar-refractivity contribution is -0.214. The van der Waals surface area contributed by atoms with Gasteiger partial charge in [-0.2, -0.15) is 0 Å². The Morgan fingerprint density at radius 3 is 2.40 bits per heavy atom. The van der Waals surface area contributed by atoms with Crippen molar-refractivity contribution in [2.75, 3.05) is 5.32 Å². The molecule has 1 aromatic heterocycles. The van der Waals surface area contributed by atoms with E-state index in [0.29, 0.717) is 18.3 Å². The number of fused-ring (bicyclic) bond motifs is 7. The SMILES string of the molecule is CC(C)C1C(=O)C[C@]2(C(=O)Nc3ncc4ccccc4n3)CC[C@]3(C)C(=C12)CCC1[C@@]2(C)CC[C@H](OC(=O)CC(C)(C)C(=O)O)C(C)(C)C2CC[C@]13C. The van der Waals surface area contributed by atoms with Gasteiger partial charge >= 0.3 is 11.9 Å². The van der Waals surface area contributed by atoms with Gasteiger partial charge in [-0.3, -0.25) is 24.5 Å². The van der Waals surface area contributed by atoms with Crippen LogP contribution in [0, 0.1) is 56.2 Å². The number of aliphatic carboxylic acids is 1. The van der Waals surface area contributed by atoms with Crippen molar-refractivity contribution < 1.29 is 29.0 Å². The van der Waals surface area contributed by atoms with E-state index in [0.717, 1.165) is 61.4 Å². The van der Waals surface area contributed by atoms with Crippen LogP contribution in [0.2, 0.25) is 0 Å². The van der Waals surface area contributed by atoms with Crippen molar-refractivity contribution in [1.29, 1.82) is 0 Å². The number of esters is 1. The van der Waals surface area contributed by atoms with Gasteiger partial charge in [-0.05, 0) is 111 Å². The minimum atomic E-state index is -1.18. The molecular weight excluding hydrogens is 666 g/mol. The van der Waals surface area contributed by atoms with Gasteiger partial charge in [0.2, 0.25) is 11.9 Å². The van der Waals surface area contributed by atoms with Gasteiger partial charge in [-0.15, -0.1) is 0 Å². The molecule has 0 aliphatic heterocycles. The molecule has 1 heterocycles. The maximum atomic E-state index is 14.6. The number of carbonyl (C=O) groups is 4. The predicted octanol–water partition coefficient (Wildman–Crippen LogP) is 8.96. The van der Waals surface area contributed by atoms with Gasteiger partial charge in [0, 0.05) is 29.3 Å². The minimum absolute atomic E-state index is 0.0151. The highest BCUT2D eigenvalue weighted by atomic mass is 16.5. The van der Waals surface area contributed by atoms with Crippen LogP contribution >= 0.6 is 0 Å². The fourth-order valence-electron chi connectivity index (χ4n) is 12.9. The molecule has 8 atom stereocenters. The van der Waals surface area contributed by atoms with Gasteiger partial charge in [0.15, 0.2) is 0 Å². The van der Waals surface area contributed by atoms with Crippen molar-refractivity contribution >= 4 is 40.5 Å². The van der Waals surface area contributed by atoms with Crippen molar-refractivity contribution in [3.8, 4) is 0 Å². The van der Waals surface area contributed by atoms with Crippen molar-refractivity contribution in [3.05, 3.63) is 41.6 Å². The maximum Gasteiger partial charge on any atom is 0.309 e. The second-order valence-electron chi connectivity index (χ2n) is 19.7. The number of ketones is 1. The minimum Gasteiger partial charge on any atom is -0.481 e. The Morgan fingerprint density at radius 1 is 0.981 bits per heavy atom. The Hall–Kier alpha value is -3.62. The fourth-order valence-corrected chi connectivity index (χ4v) is 12.9. The summed E-state index contributed by atoms with van der Waals surface area (Å²) in [6.07, 6.45) is 8.58. The number of rotatable bonds is 7. The molecule has 9 heteroatoms. The summed E-state index contributed by atoms with van der Waals surface area (Å²) in [6, 6.07) is 7.72. The van der Waals surface area contributed by atoms with E-state index in [9.17, 15) is 24.3 Å². The molecule has 1 amide bonds. The quantitative estimate of drug-likeness (QED) is 0.213. The Kier molecular flexibility index (Phi) is 8.86. The number of carboxylic acids is 1. The highest BCUT2D eigenvalue weighted by Crippen LogP contribution is 2.76. The molecule has 3 unspecified atom stereocenters. The molecule has 0 saturated heterocycles. The second-order valence-corrected chi connectivity index (χ2v) is 19.7. The van der Waals surface area contributed by atoms with Gasteiger partial charge < -0.3 is 9.84 Å². The van der Waals surface area contributed by atoms with E-state index < -0.39 is 22.8 Å². The smallest absolute Gasteiger partial charge is 0.309 e. The zero-order valence-corrected chi connectivity index (χ0v) is 33.2. The zero-order valence-electron chi connectivity index (χ0n) is 33.2. The Labute approximate surface area is 314 Å². The Bertz CT molecular complexity index is 1910. The lowest BCUT2D eigenvalue weighted by Crippen LogP contribution is -2.64. The van der Waals surface area contributed by atoms with Gasteiger partial charge in [-0.25, -0.2) is 9.97 Å². The topological polar surface area (TPSA) is 136 Å². The highest BCUT2D eigenvalue weighted by molar-refractivity contribution is 6.05. The van der Waals surface area contributed by atoms with E-state index in [4.69, 9.17) is 4.74 Å². The standard InChI is InChI=1S/C44H59N3O6/c1-25(2)34-29(48)22-44(36(50)47-38-45-24-26-12-10-11-13-28(26)46-38)21-20-42(8)27(35(34)44)14-15-31-41(7)18-17-32(53-33(49)23-39(3,4)37(51)52)40(5,6)30(41)16-19-43(31,42)9/h10-13,24-25,30-32,34H,14-23H2,1-9H3,(H,51,52)(H,45,46,47,50)/t30?,31?,32-,34?,41-,42+,43+,44+/m0/s1. The van der Waals surface area contributed by atoms with Gasteiger partial charge in [-0.1, -0.05) is 72.2 Å². The van der Waals surface area contributed by atoms with E-state index in [1.807, 2.05) is 24.3 Å².